The van der Waals surface area contributed by atoms with Crippen LogP contribution in [0.1, 0.15) is 12.0 Å². The number of benzene rings is 1. The van der Waals surface area contributed by atoms with Crippen molar-refractivity contribution in [3.8, 4) is 11.5 Å². The van der Waals surface area contributed by atoms with E-state index < -0.39 is 0 Å². The third-order valence-corrected chi connectivity index (χ3v) is 4.98. The molecule has 0 spiro atoms. The summed E-state index contributed by atoms with van der Waals surface area (Å²) in [4.78, 5) is 16.5. The Kier molecular flexibility index (Phi) is 5.30. The van der Waals surface area contributed by atoms with Crippen molar-refractivity contribution in [3.05, 3.63) is 29.3 Å². The predicted octanol–water partition coefficient (Wildman–Crippen LogP) is 1.65. The molecule has 3 rings (SSSR count). The first kappa shape index (κ1) is 17.8. The van der Waals surface area contributed by atoms with Gasteiger partial charge in [0.15, 0.2) is 11.5 Å². The van der Waals surface area contributed by atoms with E-state index in [-0.39, 0.29) is 12.0 Å². The van der Waals surface area contributed by atoms with E-state index in [4.69, 9.17) is 14.2 Å². The highest BCUT2D eigenvalue weighted by Gasteiger charge is 2.38. The van der Waals surface area contributed by atoms with Crippen molar-refractivity contribution in [2.24, 2.45) is 0 Å². The Morgan fingerprint density at radius 1 is 1.36 bits per heavy atom. The number of hydrogen-bond acceptors (Lipinski definition) is 6. The Morgan fingerprint density at radius 2 is 2.16 bits per heavy atom. The maximum Gasteiger partial charge on any atom is 0.323 e. The summed E-state index contributed by atoms with van der Waals surface area (Å²) in [5.41, 5.74) is 2.16. The van der Waals surface area contributed by atoms with Crippen LogP contribution in [0.2, 0.25) is 0 Å². The number of rotatable bonds is 5. The van der Waals surface area contributed by atoms with Gasteiger partial charge in [-0.05, 0) is 38.2 Å². The number of nitrogens with zero attached hydrogens (tertiary/aromatic N) is 2. The minimum absolute atomic E-state index is 0.163. The van der Waals surface area contributed by atoms with Crippen LogP contribution in [0.25, 0.3) is 6.08 Å². The van der Waals surface area contributed by atoms with E-state index in [1.807, 2.05) is 32.3 Å². The number of hydrogen-bond donors (Lipinski definition) is 0. The van der Waals surface area contributed by atoms with E-state index in [2.05, 4.69) is 15.9 Å². The largest absolute Gasteiger partial charge is 0.493 e. The van der Waals surface area contributed by atoms with Crippen LogP contribution in [0.4, 0.5) is 0 Å². The maximum atomic E-state index is 12.2. The van der Waals surface area contributed by atoms with Gasteiger partial charge in [0, 0.05) is 24.7 Å². The van der Waals surface area contributed by atoms with Gasteiger partial charge in [0.05, 0.1) is 14.2 Å². The predicted molar refractivity (Wildman–Crippen MR) is 95.9 cm³/mol. The Labute approximate surface area is 148 Å². The molecule has 0 saturated carbocycles. The van der Waals surface area contributed by atoms with E-state index in [0.29, 0.717) is 19.2 Å². The van der Waals surface area contributed by atoms with E-state index in [1.165, 1.54) is 7.11 Å². The van der Waals surface area contributed by atoms with Gasteiger partial charge in [-0.15, -0.1) is 0 Å². The van der Waals surface area contributed by atoms with Crippen LogP contribution in [0.15, 0.2) is 23.8 Å². The first-order valence-corrected chi connectivity index (χ1v) is 8.51. The molecule has 136 valence electrons. The average molecular weight is 346 g/mol. The van der Waals surface area contributed by atoms with Crippen LogP contribution in [0, 0.1) is 0 Å². The van der Waals surface area contributed by atoms with E-state index in [1.54, 1.807) is 7.11 Å². The number of likely N-dealkylation sites (tertiary alicyclic amines) is 1. The number of carbonyl (C=O) groups is 1. The molecule has 6 heteroatoms. The van der Waals surface area contributed by atoms with Gasteiger partial charge in [0.2, 0.25) is 0 Å². The van der Waals surface area contributed by atoms with Gasteiger partial charge in [0.25, 0.3) is 0 Å². The zero-order valence-corrected chi connectivity index (χ0v) is 15.3. The first-order valence-electron chi connectivity index (χ1n) is 8.51. The SMILES string of the molecule is COC(=O)[C@@H]1C[C@@H](N(C)C)CN1CC1=Cc2cccc(OC)c2OC1. The Morgan fingerprint density at radius 3 is 2.84 bits per heavy atom. The van der Waals surface area contributed by atoms with Gasteiger partial charge >= 0.3 is 5.97 Å². The Balaban J connectivity index is 1.78. The molecule has 0 aliphatic carbocycles. The maximum absolute atomic E-state index is 12.2. The van der Waals surface area contributed by atoms with Crippen molar-refractivity contribution < 1.29 is 19.0 Å². The molecule has 2 heterocycles. The van der Waals surface area contributed by atoms with Crippen molar-refractivity contribution in [3.63, 3.8) is 0 Å². The van der Waals surface area contributed by atoms with Crippen molar-refractivity contribution >= 4 is 12.0 Å². The van der Waals surface area contributed by atoms with Crippen LogP contribution >= 0.6 is 0 Å². The normalized spacial score (nSPS) is 23.0. The second kappa shape index (κ2) is 7.45. The summed E-state index contributed by atoms with van der Waals surface area (Å²) in [7, 11) is 7.20. The molecular weight excluding hydrogens is 320 g/mol. The van der Waals surface area contributed by atoms with E-state index in [0.717, 1.165) is 35.6 Å². The zero-order valence-electron chi connectivity index (χ0n) is 15.3. The molecule has 1 fully saturated rings. The lowest BCUT2D eigenvalue weighted by atomic mass is 10.1. The van der Waals surface area contributed by atoms with Gasteiger partial charge in [-0.1, -0.05) is 12.1 Å². The second-order valence-electron chi connectivity index (χ2n) is 6.79. The van der Waals surface area contributed by atoms with Gasteiger partial charge in [-0.2, -0.15) is 0 Å². The molecule has 1 saturated heterocycles. The molecule has 0 radical (unpaired) electrons. The highest BCUT2D eigenvalue weighted by Crippen LogP contribution is 2.36. The summed E-state index contributed by atoms with van der Waals surface area (Å²) in [6, 6.07) is 6.01. The fourth-order valence-corrected chi connectivity index (χ4v) is 3.55. The van der Waals surface area contributed by atoms with Crippen LogP contribution < -0.4 is 9.47 Å². The summed E-state index contributed by atoms with van der Waals surface area (Å²) in [6.45, 7) is 2.04. The fourth-order valence-electron chi connectivity index (χ4n) is 3.55. The molecule has 0 unspecified atom stereocenters. The molecule has 2 atom stereocenters. The standard InChI is InChI=1S/C19H26N2O4/c1-20(2)15-9-16(19(22)24-4)21(11-15)10-13-8-14-6-5-7-17(23-3)18(14)25-12-13/h5-8,15-16H,9-12H2,1-4H3/t15-,16+/m1/s1. The van der Waals surface area contributed by atoms with Gasteiger partial charge in [-0.3, -0.25) is 9.69 Å². The Hall–Kier alpha value is -2.05. The molecule has 0 amide bonds. The number of carbonyl (C=O) groups excluding carboxylic acids is 1. The van der Waals surface area contributed by atoms with Crippen LogP contribution in [-0.2, 0) is 9.53 Å². The quantitative estimate of drug-likeness (QED) is 0.756. The molecule has 1 aromatic carbocycles. The molecule has 2 aliphatic rings. The van der Waals surface area contributed by atoms with Gasteiger partial charge in [0.1, 0.15) is 12.6 Å². The molecule has 0 N–H and O–H groups in total. The van der Waals surface area contributed by atoms with Crippen molar-refractivity contribution in [2.45, 2.75) is 18.5 Å². The van der Waals surface area contributed by atoms with Gasteiger partial charge < -0.3 is 19.1 Å². The van der Waals surface area contributed by atoms with Crippen molar-refractivity contribution in [2.75, 3.05) is 48.0 Å². The number of para-hydroxylation sites is 1. The number of ether oxygens (including phenoxy) is 3. The third kappa shape index (κ3) is 3.65. The lowest BCUT2D eigenvalue weighted by Gasteiger charge is -2.26. The molecule has 0 bridgehead atoms. The number of fused-ring (bicyclic) bond motifs is 1. The molecule has 1 aromatic rings. The third-order valence-electron chi connectivity index (χ3n) is 4.98. The summed E-state index contributed by atoms with van der Waals surface area (Å²) in [6.07, 6.45) is 2.93. The summed E-state index contributed by atoms with van der Waals surface area (Å²) < 4.78 is 16.3. The first-order chi connectivity index (χ1) is 12.0. The monoisotopic (exact) mass is 346 g/mol. The zero-order chi connectivity index (χ0) is 18.0. The van der Waals surface area contributed by atoms with Crippen molar-refractivity contribution in [1.29, 1.82) is 0 Å². The minimum atomic E-state index is -0.204. The lowest BCUT2D eigenvalue weighted by Crippen LogP contribution is -2.39. The number of likely N-dealkylation sites (N-methyl/N-ethyl adjacent to an activating group) is 1. The van der Waals surface area contributed by atoms with Crippen LogP contribution in [0.3, 0.4) is 0 Å². The van der Waals surface area contributed by atoms with E-state index >= 15 is 0 Å². The molecule has 25 heavy (non-hydrogen) atoms. The fraction of sp³-hybridized carbons (Fsp3) is 0.526. The van der Waals surface area contributed by atoms with E-state index in [9.17, 15) is 4.79 Å². The molecular formula is C19H26N2O4. The van der Waals surface area contributed by atoms with Crippen LogP contribution in [-0.4, -0.2) is 75.9 Å². The Bertz CT molecular complexity index is 671. The summed E-state index contributed by atoms with van der Waals surface area (Å²) >= 11 is 0. The van der Waals surface area contributed by atoms with Crippen LogP contribution in [0.5, 0.6) is 11.5 Å². The minimum Gasteiger partial charge on any atom is -0.493 e. The average Bonchev–Trinajstić information content (AvgIpc) is 3.04. The number of methoxy groups -OCH3 is 2. The van der Waals surface area contributed by atoms with Crippen molar-refractivity contribution in [1.82, 2.24) is 9.80 Å². The van der Waals surface area contributed by atoms with Gasteiger partial charge in [-0.25, -0.2) is 0 Å². The smallest absolute Gasteiger partial charge is 0.323 e. The highest BCUT2D eigenvalue weighted by atomic mass is 16.5. The molecule has 2 aliphatic heterocycles. The highest BCUT2D eigenvalue weighted by molar-refractivity contribution is 5.76. The number of esters is 1. The topological polar surface area (TPSA) is 51.2 Å². The lowest BCUT2D eigenvalue weighted by molar-refractivity contribution is -0.145. The second-order valence-corrected chi connectivity index (χ2v) is 6.79. The summed E-state index contributed by atoms with van der Waals surface area (Å²) in [5, 5.41) is 0. The summed E-state index contributed by atoms with van der Waals surface area (Å²) in [5.74, 6) is 1.36. The molecule has 0 aromatic heterocycles. The molecule has 6 nitrogen and oxygen atoms in total.